The number of ether oxygens (including phenoxy) is 1. The number of nitrogens with one attached hydrogen (secondary N) is 2. The minimum atomic E-state index is -0.342. The predicted octanol–water partition coefficient (Wildman–Crippen LogP) is 5.42. The highest BCUT2D eigenvalue weighted by Gasteiger charge is 2.33. The van der Waals surface area contributed by atoms with E-state index in [1.165, 1.54) is 0 Å². The van der Waals surface area contributed by atoms with E-state index in [0.717, 1.165) is 30.4 Å². The van der Waals surface area contributed by atoms with E-state index in [0.29, 0.717) is 42.9 Å². The molecular weight excluding hydrogens is 466 g/mol. The third-order valence-corrected chi connectivity index (χ3v) is 6.40. The number of cyclic esters (lactones) is 1. The number of amides is 3. The number of carbonyl (C=O) groups excluding carboxylic acids is 3. The minimum absolute atomic E-state index is 0.0604. The van der Waals surface area contributed by atoms with Gasteiger partial charge in [-0.05, 0) is 60.4 Å². The fourth-order valence-corrected chi connectivity index (χ4v) is 4.33. The van der Waals surface area contributed by atoms with Crippen LogP contribution >= 0.6 is 0 Å². The lowest BCUT2D eigenvalue weighted by Gasteiger charge is -2.22. The monoisotopic (exact) mass is 499 g/mol. The second-order valence-electron chi connectivity index (χ2n) is 9.24. The Labute approximate surface area is 217 Å². The molecule has 1 aliphatic rings. The van der Waals surface area contributed by atoms with E-state index in [1.54, 1.807) is 41.3 Å². The largest absolute Gasteiger partial charge is 0.447 e. The molecule has 1 fully saturated rings. The number of carbonyl (C=O) groups is 3. The van der Waals surface area contributed by atoms with Crippen LogP contribution in [0.1, 0.15) is 58.0 Å². The smallest absolute Gasteiger partial charge is 0.410 e. The summed E-state index contributed by atoms with van der Waals surface area (Å²) >= 11 is 0. The van der Waals surface area contributed by atoms with Gasteiger partial charge in [0.25, 0.3) is 11.8 Å². The van der Waals surface area contributed by atoms with E-state index in [-0.39, 0.29) is 23.9 Å². The standard InChI is InChI=1S/C30H33N3O4/c1-2-3-7-17-31-28(34)24-13-15-26(16-14-24)32-29(35)25-12-8-11-23(18-25)20-33-27(21-37-30(33)36)19-22-9-5-4-6-10-22/h4-6,8-16,18,27H,2-3,7,17,19-21H2,1H3,(H,31,34)(H,32,35)/t27-/m1/s1. The number of hydrogen-bond acceptors (Lipinski definition) is 4. The molecule has 7 nitrogen and oxygen atoms in total. The molecule has 1 heterocycles. The summed E-state index contributed by atoms with van der Waals surface area (Å²) in [7, 11) is 0. The molecule has 0 aromatic heterocycles. The van der Waals surface area contributed by atoms with Crippen LogP contribution in [0.5, 0.6) is 0 Å². The molecule has 4 rings (SSSR count). The minimum Gasteiger partial charge on any atom is -0.447 e. The van der Waals surface area contributed by atoms with Gasteiger partial charge in [-0.15, -0.1) is 0 Å². The van der Waals surface area contributed by atoms with Gasteiger partial charge in [0.15, 0.2) is 0 Å². The van der Waals surface area contributed by atoms with Gasteiger partial charge < -0.3 is 15.4 Å². The first-order chi connectivity index (χ1) is 18.0. The van der Waals surface area contributed by atoms with Gasteiger partial charge in [0.05, 0.1) is 6.04 Å². The lowest BCUT2D eigenvalue weighted by molar-refractivity contribution is 0.0952. The Kier molecular flexibility index (Phi) is 8.92. The molecule has 3 amide bonds. The molecular formula is C30H33N3O4. The van der Waals surface area contributed by atoms with Crippen molar-refractivity contribution in [3.63, 3.8) is 0 Å². The Balaban J connectivity index is 1.35. The van der Waals surface area contributed by atoms with Crippen molar-refractivity contribution in [1.82, 2.24) is 10.2 Å². The second kappa shape index (κ2) is 12.7. The third kappa shape index (κ3) is 7.19. The molecule has 192 valence electrons. The van der Waals surface area contributed by atoms with Crippen molar-refractivity contribution in [3.8, 4) is 0 Å². The van der Waals surface area contributed by atoms with E-state index in [4.69, 9.17) is 4.74 Å². The van der Waals surface area contributed by atoms with Crippen molar-refractivity contribution >= 4 is 23.6 Å². The van der Waals surface area contributed by atoms with Crippen LogP contribution in [-0.4, -0.2) is 42.0 Å². The quantitative estimate of drug-likeness (QED) is 0.345. The van der Waals surface area contributed by atoms with Crippen LogP contribution in [0.25, 0.3) is 0 Å². The van der Waals surface area contributed by atoms with Crippen LogP contribution in [0.15, 0.2) is 78.9 Å². The number of anilines is 1. The van der Waals surface area contributed by atoms with Crippen LogP contribution in [0.4, 0.5) is 10.5 Å². The first kappa shape index (κ1) is 25.9. The molecule has 0 spiro atoms. The predicted molar refractivity (Wildman–Crippen MR) is 144 cm³/mol. The maximum Gasteiger partial charge on any atom is 0.410 e. The van der Waals surface area contributed by atoms with E-state index in [1.807, 2.05) is 42.5 Å². The van der Waals surface area contributed by atoms with Crippen LogP contribution < -0.4 is 10.6 Å². The Morgan fingerprint density at radius 2 is 1.65 bits per heavy atom. The van der Waals surface area contributed by atoms with E-state index < -0.39 is 0 Å². The number of rotatable bonds is 11. The fourth-order valence-electron chi connectivity index (χ4n) is 4.33. The molecule has 3 aromatic carbocycles. The molecule has 0 radical (unpaired) electrons. The zero-order valence-corrected chi connectivity index (χ0v) is 21.1. The molecule has 1 aliphatic heterocycles. The van der Waals surface area contributed by atoms with Gasteiger partial charge in [0.1, 0.15) is 6.61 Å². The second-order valence-corrected chi connectivity index (χ2v) is 9.24. The normalized spacial score (nSPS) is 14.8. The number of unbranched alkanes of at least 4 members (excludes halogenated alkanes) is 2. The number of nitrogens with zero attached hydrogens (tertiary/aromatic N) is 1. The molecule has 2 N–H and O–H groups in total. The summed E-state index contributed by atoms with van der Waals surface area (Å²) in [6.45, 7) is 3.49. The van der Waals surface area contributed by atoms with Gasteiger partial charge in [-0.2, -0.15) is 0 Å². The van der Waals surface area contributed by atoms with Crippen molar-refractivity contribution in [2.75, 3.05) is 18.5 Å². The highest BCUT2D eigenvalue weighted by molar-refractivity contribution is 6.04. The fraction of sp³-hybridized carbons (Fsp3) is 0.300. The summed E-state index contributed by atoms with van der Waals surface area (Å²) in [5.41, 5.74) is 3.63. The summed E-state index contributed by atoms with van der Waals surface area (Å²) in [6, 6.07) is 24.0. The SMILES string of the molecule is CCCCCNC(=O)c1ccc(NC(=O)c2cccc(CN3C(=O)OC[C@H]3Cc3ccccc3)c2)cc1. The topological polar surface area (TPSA) is 87.7 Å². The molecule has 0 aliphatic carbocycles. The number of hydrogen-bond donors (Lipinski definition) is 2. The summed E-state index contributed by atoms with van der Waals surface area (Å²) in [5.74, 6) is -0.379. The van der Waals surface area contributed by atoms with Gasteiger partial charge in [0, 0.05) is 29.9 Å². The first-order valence-electron chi connectivity index (χ1n) is 12.8. The molecule has 0 saturated carbocycles. The van der Waals surface area contributed by atoms with Gasteiger partial charge in [0.2, 0.25) is 0 Å². The van der Waals surface area contributed by atoms with Crippen LogP contribution in [0, 0.1) is 0 Å². The zero-order valence-electron chi connectivity index (χ0n) is 21.1. The third-order valence-electron chi connectivity index (χ3n) is 6.40. The van der Waals surface area contributed by atoms with Crippen molar-refractivity contribution in [2.24, 2.45) is 0 Å². The van der Waals surface area contributed by atoms with Crippen molar-refractivity contribution in [2.45, 2.75) is 45.2 Å². The average Bonchev–Trinajstić information content (AvgIpc) is 3.26. The van der Waals surface area contributed by atoms with Gasteiger partial charge in [-0.3, -0.25) is 14.5 Å². The first-order valence-corrected chi connectivity index (χ1v) is 12.8. The zero-order chi connectivity index (χ0) is 26.0. The Hall–Kier alpha value is -4.13. The Morgan fingerprint density at radius 1 is 0.892 bits per heavy atom. The van der Waals surface area contributed by atoms with Gasteiger partial charge in [-0.1, -0.05) is 62.2 Å². The Bertz CT molecular complexity index is 1210. The summed E-state index contributed by atoms with van der Waals surface area (Å²) in [5, 5.41) is 5.79. The summed E-state index contributed by atoms with van der Waals surface area (Å²) < 4.78 is 5.32. The van der Waals surface area contributed by atoms with Crippen LogP contribution in [0.2, 0.25) is 0 Å². The highest BCUT2D eigenvalue weighted by Crippen LogP contribution is 2.21. The van der Waals surface area contributed by atoms with Gasteiger partial charge >= 0.3 is 6.09 Å². The summed E-state index contributed by atoms with van der Waals surface area (Å²) in [6.07, 6.45) is 3.52. The Morgan fingerprint density at radius 3 is 2.41 bits per heavy atom. The van der Waals surface area contributed by atoms with Crippen molar-refractivity contribution in [1.29, 1.82) is 0 Å². The van der Waals surface area contributed by atoms with Crippen LogP contribution in [-0.2, 0) is 17.7 Å². The summed E-state index contributed by atoms with van der Waals surface area (Å²) in [4.78, 5) is 39.3. The molecule has 3 aromatic rings. The van der Waals surface area contributed by atoms with E-state index in [2.05, 4.69) is 17.6 Å². The maximum absolute atomic E-state index is 12.9. The molecule has 37 heavy (non-hydrogen) atoms. The average molecular weight is 500 g/mol. The molecule has 1 atom stereocenters. The molecule has 0 bridgehead atoms. The van der Waals surface area contributed by atoms with Gasteiger partial charge in [-0.25, -0.2) is 4.79 Å². The molecule has 7 heteroatoms. The maximum atomic E-state index is 12.9. The van der Waals surface area contributed by atoms with Crippen molar-refractivity contribution in [3.05, 3.63) is 101 Å². The number of benzene rings is 3. The highest BCUT2D eigenvalue weighted by atomic mass is 16.6. The lowest BCUT2D eigenvalue weighted by atomic mass is 10.0. The van der Waals surface area contributed by atoms with E-state index in [9.17, 15) is 14.4 Å². The van der Waals surface area contributed by atoms with Crippen LogP contribution in [0.3, 0.4) is 0 Å². The van der Waals surface area contributed by atoms with E-state index >= 15 is 0 Å². The lowest BCUT2D eigenvalue weighted by Crippen LogP contribution is -2.34. The molecule has 1 saturated heterocycles. The van der Waals surface area contributed by atoms with Crippen molar-refractivity contribution < 1.29 is 19.1 Å². The molecule has 0 unspecified atom stereocenters.